The molecule has 0 spiro atoms. The van der Waals surface area contributed by atoms with Crippen molar-refractivity contribution in [3.05, 3.63) is 87.4 Å². The summed E-state index contributed by atoms with van der Waals surface area (Å²) in [5.41, 5.74) is 1.26. The topological polar surface area (TPSA) is 100 Å². The Bertz CT molecular complexity index is 1270. The molecule has 0 bridgehead atoms. The quantitative estimate of drug-likeness (QED) is 0.283. The van der Waals surface area contributed by atoms with Gasteiger partial charge in [0.1, 0.15) is 23.1 Å². The third-order valence-electron chi connectivity index (χ3n) is 4.49. The average molecular weight is 541 g/mol. The first-order valence-corrected chi connectivity index (χ1v) is 11.1. The number of carbonyl (C=O) groups excluding carboxylic acids is 2. The number of methoxy groups -OCH3 is 1. The Labute approximate surface area is 210 Å². The number of hydrogen-bond donors (Lipinski definition) is 2. The zero-order valence-corrected chi connectivity index (χ0v) is 20.3. The first kappa shape index (κ1) is 24.8. The number of nitrogens with one attached hydrogen (secondary N) is 2. The van der Waals surface area contributed by atoms with Gasteiger partial charge >= 0.3 is 0 Å². The summed E-state index contributed by atoms with van der Waals surface area (Å²) in [4.78, 5) is 24.9. The fourth-order valence-electron chi connectivity index (χ4n) is 2.83. The second kappa shape index (κ2) is 11.9. The maximum Gasteiger partial charge on any atom is 0.266 e. The van der Waals surface area contributed by atoms with Gasteiger partial charge < -0.3 is 20.1 Å². The molecular weight excluding hydrogens is 522 g/mol. The highest BCUT2D eigenvalue weighted by molar-refractivity contribution is 9.10. The number of nitriles is 1. The molecular formula is C25H19BrClN3O4. The minimum Gasteiger partial charge on any atom is -0.497 e. The summed E-state index contributed by atoms with van der Waals surface area (Å²) in [6.45, 7) is -0.276. The van der Waals surface area contributed by atoms with Gasteiger partial charge in [0.25, 0.3) is 11.8 Å². The number of amides is 2. The molecule has 0 atom stereocenters. The smallest absolute Gasteiger partial charge is 0.266 e. The summed E-state index contributed by atoms with van der Waals surface area (Å²) in [5.74, 6) is -0.00227. The van der Waals surface area contributed by atoms with Crippen molar-refractivity contribution in [1.82, 2.24) is 0 Å². The van der Waals surface area contributed by atoms with Gasteiger partial charge in [0.15, 0.2) is 6.61 Å². The van der Waals surface area contributed by atoms with Gasteiger partial charge in [-0.25, -0.2) is 0 Å². The van der Waals surface area contributed by atoms with Gasteiger partial charge in [-0.15, -0.1) is 0 Å². The van der Waals surface area contributed by atoms with E-state index in [-0.39, 0.29) is 18.1 Å². The van der Waals surface area contributed by atoms with Crippen LogP contribution in [0.2, 0.25) is 5.02 Å². The van der Waals surface area contributed by atoms with E-state index in [4.69, 9.17) is 21.1 Å². The van der Waals surface area contributed by atoms with Crippen LogP contribution < -0.4 is 20.1 Å². The lowest BCUT2D eigenvalue weighted by Crippen LogP contribution is -2.20. The van der Waals surface area contributed by atoms with E-state index in [1.54, 1.807) is 73.8 Å². The van der Waals surface area contributed by atoms with E-state index in [0.29, 0.717) is 37.9 Å². The molecule has 0 saturated carbocycles. The van der Waals surface area contributed by atoms with Gasteiger partial charge in [-0.3, -0.25) is 9.59 Å². The lowest BCUT2D eigenvalue weighted by molar-refractivity contribution is -0.118. The van der Waals surface area contributed by atoms with Crippen LogP contribution in [0, 0.1) is 11.3 Å². The standard InChI is InChI=1S/C25H19BrClN3O4/c1-33-20-9-7-19(8-10-20)29-24(31)15-34-23-11-6-18(26)13-16(23)12-17(14-28)25(32)30-22-5-3-2-4-21(22)27/h2-13H,15H2,1H3,(H,29,31)(H,30,32)/b17-12+. The maximum absolute atomic E-state index is 12.6. The van der Waals surface area contributed by atoms with Crippen LogP contribution in [0.3, 0.4) is 0 Å². The van der Waals surface area contributed by atoms with Crippen molar-refractivity contribution < 1.29 is 19.1 Å². The van der Waals surface area contributed by atoms with Crippen molar-refractivity contribution in [2.75, 3.05) is 24.4 Å². The second-order valence-electron chi connectivity index (χ2n) is 6.85. The van der Waals surface area contributed by atoms with Gasteiger partial charge in [-0.1, -0.05) is 39.7 Å². The van der Waals surface area contributed by atoms with Crippen LogP contribution in [-0.4, -0.2) is 25.5 Å². The summed E-state index contributed by atoms with van der Waals surface area (Å²) in [5, 5.41) is 15.2. The SMILES string of the molecule is COc1ccc(NC(=O)COc2ccc(Br)cc2/C=C(\C#N)C(=O)Nc2ccccc2Cl)cc1. The number of para-hydroxylation sites is 1. The van der Waals surface area contributed by atoms with E-state index in [1.807, 2.05) is 6.07 Å². The summed E-state index contributed by atoms with van der Waals surface area (Å²) in [6, 6.07) is 20.5. The molecule has 9 heteroatoms. The predicted octanol–water partition coefficient (Wildman–Crippen LogP) is 5.67. The number of anilines is 2. The summed E-state index contributed by atoms with van der Waals surface area (Å²) in [6.07, 6.45) is 1.38. The number of ether oxygens (including phenoxy) is 2. The Balaban J connectivity index is 1.73. The molecule has 0 radical (unpaired) electrons. The molecule has 172 valence electrons. The van der Waals surface area contributed by atoms with Crippen LogP contribution >= 0.6 is 27.5 Å². The Morgan fingerprint density at radius 1 is 1.09 bits per heavy atom. The summed E-state index contributed by atoms with van der Waals surface area (Å²) in [7, 11) is 1.56. The molecule has 0 aliphatic rings. The molecule has 3 aromatic rings. The van der Waals surface area contributed by atoms with Crippen molar-refractivity contribution in [2.24, 2.45) is 0 Å². The molecule has 0 unspecified atom stereocenters. The number of benzene rings is 3. The summed E-state index contributed by atoms with van der Waals surface area (Å²) < 4.78 is 11.5. The maximum atomic E-state index is 12.6. The third kappa shape index (κ3) is 6.85. The largest absolute Gasteiger partial charge is 0.497 e. The first-order valence-electron chi connectivity index (χ1n) is 9.93. The second-order valence-corrected chi connectivity index (χ2v) is 8.17. The Kier molecular flexibility index (Phi) is 8.68. The molecule has 3 rings (SSSR count). The molecule has 0 fully saturated rings. The summed E-state index contributed by atoms with van der Waals surface area (Å²) >= 11 is 9.45. The first-order chi connectivity index (χ1) is 16.4. The minimum atomic E-state index is -0.626. The molecule has 7 nitrogen and oxygen atoms in total. The predicted molar refractivity (Wildman–Crippen MR) is 135 cm³/mol. The molecule has 0 aliphatic heterocycles. The van der Waals surface area contributed by atoms with E-state index in [9.17, 15) is 14.9 Å². The van der Waals surface area contributed by atoms with Crippen molar-refractivity contribution in [2.45, 2.75) is 0 Å². The molecule has 34 heavy (non-hydrogen) atoms. The molecule has 0 heterocycles. The van der Waals surface area contributed by atoms with Gasteiger partial charge in [-0.2, -0.15) is 5.26 Å². The minimum absolute atomic E-state index is 0.162. The fourth-order valence-corrected chi connectivity index (χ4v) is 3.40. The molecule has 0 aliphatic carbocycles. The number of rotatable bonds is 8. The van der Waals surface area contributed by atoms with Crippen molar-refractivity contribution >= 4 is 56.8 Å². The number of carbonyl (C=O) groups is 2. The Morgan fingerprint density at radius 2 is 1.82 bits per heavy atom. The van der Waals surface area contributed by atoms with E-state index in [1.165, 1.54) is 6.08 Å². The van der Waals surface area contributed by atoms with Crippen LogP contribution in [0.15, 0.2) is 76.8 Å². The van der Waals surface area contributed by atoms with Crippen LogP contribution in [-0.2, 0) is 9.59 Å². The van der Waals surface area contributed by atoms with Crippen LogP contribution in [0.5, 0.6) is 11.5 Å². The highest BCUT2D eigenvalue weighted by Gasteiger charge is 2.14. The van der Waals surface area contributed by atoms with E-state index in [2.05, 4.69) is 26.6 Å². The van der Waals surface area contributed by atoms with Crippen molar-refractivity contribution in [3.63, 3.8) is 0 Å². The van der Waals surface area contributed by atoms with Gasteiger partial charge in [0, 0.05) is 15.7 Å². The molecule has 0 saturated heterocycles. The van der Waals surface area contributed by atoms with Crippen LogP contribution in [0.25, 0.3) is 6.08 Å². The zero-order valence-electron chi connectivity index (χ0n) is 18.0. The normalized spacial score (nSPS) is 10.7. The molecule has 2 amide bonds. The van der Waals surface area contributed by atoms with Crippen molar-refractivity contribution in [1.29, 1.82) is 5.26 Å². The Hall–Kier alpha value is -3.80. The van der Waals surface area contributed by atoms with Crippen LogP contribution in [0.4, 0.5) is 11.4 Å². The Morgan fingerprint density at radius 3 is 2.50 bits per heavy atom. The molecule has 0 aromatic heterocycles. The highest BCUT2D eigenvalue weighted by atomic mass is 79.9. The van der Waals surface area contributed by atoms with Gasteiger partial charge in [-0.05, 0) is 60.7 Å². The number of nitrogens with zero attached hydrogens (tertiary/aromatic N) is 1. The fraction of sp³-hybridized carbons (Fsp3) is 0.0800. The third-order valence-corrected chi connectivity index (χ3v) is 5.31. The zero-order chi connectivity index (χ0) is 24.5. The molecule has 3 aromatic carbocycles. The highest BCUT2D eigenvalue weighted by Crippen LogP contribution is 2.27. The van der Waals surface area contributed by atoms with E-state index >= 15 is 0 Å². The average Bonchev–Trinajstić information content (AvgIpc) is 2.83. The number of hydrogen-bond acceptors (Lipinski definition) is 5. The lowest BCUT2D eigenvalue weighted by atomic mass is 10.1. The lowest BCUT2D eigenvalue weighted by Gasteiger charge is -2.11. The van der Waals surface area contributed by atoms with Gasteiger partial charge in [0.2, 0.25) is 0 Å². The van der Waals surface area contributed by atoms with E-state index < -0.39 is 5.91 Å². The van der Waals surface area contributed by atoms with Crippen LogP contribution in [0.1, 0.15) is 5.56 Å². The number of halogens is 2. The van der Waals surface area contributed by atoms with Gasteiger partial charge in [0.05, 0.1) is 17.8 Å². The van der Waals surface area contributed by atoms with E-state index in [0.717, 1.165) is 0 Å². The molecule has 2 N–H and O–H groups in total. The monoisotopic (exact) mass is 539 g/mol. The van der Waals surface area contributed by atoms with Crippen molar-refractivity contribution in [3.8, 4) is 17.6 Å².